The van der Waals surface area contributed by atoms with Crippen LogP contribution in [0.3, 0.4) is 0 Å². The van der Waals surface area contributed by atoms with Gasteiger partial charge in [-0.05, 0) is 37.5 Å². The summed E-state index contributed by atoms with van der Waals surface area (Å²) in [5, 5.41) is 6.17. The van der Waals surface area contributed by atoms with Crippen LogP contribution in [0.5, 0.6) is 0 Å². The first-order valence-electron chi connectivity index (χ1n) is 8.86. The van der Waals surface area contributed by atoms with Crippen molar-refractivity contribution in [2.75, 3.05) is 13.1 Å². The highest BCUT2D eigenvalue weighted by Crippen LogP contribution is 2.23. The van der Waals surface area contributed by atoms with Gasteiger partial charge in [0.05, 0.1) is 0 Å². The molecule has 0 radical (unpaired) electrons. The molecule has 2 saturated carbocycles. The summed E-state index contributed by atoms with van der Waals surface area (Å²) in [6, 6.07) is 0.0542. The number of hydrogen-bond donors (Lipinski definition) is 2. The minimum absolute atomic E-state index is 0.0542. The molecule has 0 atom stereocenters. The van der Waals surface area contributed by atoms with Crippen LogP contribution in [0.2, 0.25) is 0 Å². The van der Waals surface area contributed by atoms with Crippen LogP contribution in [-0.4, -0.2) is 19.1 Å². The summed E-state index contributed by atoms with van der Waals surface area (Å²) in [4.78, 5) is 11.9. The van der Waals surface area contributed by atoms with Crippen LogP contribution < -0.4 is 10.6 Å². The number of carbonyl (C=O) groups excluding carboxylic acids is 1. The van der Waals surface area contributed by atoms with Gasteiger partial charge in [-0.1, -0.05) is 51.4 Å². The molecule has 0 spiro atoms. The van der Waals surface area contributed by atoms with Gasteiger partial charge in [-0.3, -0.25) is 0 Å². The van der Waals surface area contributed by atoms with Crippen LogP contribution in [0.15, 0.2) is 0 Å². The molecule has 0 aliphatic heterocycles. The van der Waals surface area contributed by atoms with E-state index in [-0.39, 0.29) is 6.03 Å². The molecule has 2 N–H and O–H groups in total. The largest absolute Gasteiger partial charge is 0.338 e. The summed E-state index contributed by atoms with van der Waals surface area (Å²) in [6.07, 6.45) is 16.1. The fraction of sp³-hybridized carbons (Fsp3) is 0.941. The SMILES string of the molecule is O=C(NCC1CCCCCC1)NCC1CCCCCC1. The molecule has 2 amide bonds. The lowest BCUT2D eigenvalue weighted by molar-refractivity contribution is 0.235. The highest BCUT2D eigenvalue weighted by atomic mass is 16.2. The number of hydrogen-bond acceptors (Lipinski definition) is 1. The van der Waals surface area contributed by atoms with Gasteiger partial charge in [-0.25, -0.2) is 4.79 Å². The molecular formula is C17H32N2O. The van der Waals surface area contributed by atoms with Crippen molar-refractivity contribution in [2.45, 2.75) is 77.0 Å². The number of urea groups is 1. The zero-order valence-corrected chi connectivity index (χ0v) is 13.0. The molecule has 0 aromatic rings. The van der Waals surface area contributed by atoms with Crippen LogP contribution in [0, 0.1) is 11.8 Å². The van der Waals surface area contributed by atoms with E-state index in [9.17, 15) is 4.79 Å². The standard InChI is InChI=1S/C17H32N2O/c20-17(18-13-15-9-5-1-2-6-10-15)19-14-16-11-7-3-4-8-12-16/h15-16H,1-14H2,(H2,18,19,20). The van der Waals surface area contributed by atoms with Crippen LogP contribution in [0.1, 0.15) is 77.0 Å². The van der Waals surface area contributed by atoms with Gasteiger partial charge < -0.3 is 10.6 Å². The maximum absolute atomic E-state index is 11.9. The first-order chi connectivity index (χ1) is 9.84. The van der Waals surface area contributed by atoms with E-state index < -0.39 is 0 Å². The lowest BCUT2D eigenvalue weighted by Crippen LogP contribution is -2.40. The number of rotatable bonds is 4. The van der Waals surface area contributed by atoms with E-state index in [1.165, 1.54) is 77.0 Å². The fourth-order valence-electron chi connectivity index (χ4n) is 3.67. The van der Waals surface area contributed by atoms with Crippen molar-refractivity contribution in [3.8, 4) is 0 Å². The second kappa shape index (κ2) is 9.25. The number of amides is 2. The van der Waals surface area contributed by atoms with Crippen molar-refractivity contribution in [3.63, 3.8) is 0 Å². The summed E-state index contributed by atoms with van der Waals surface area (Å²) in [5.41, 5.74) is 0. The third-order valence-corrected chi connectivity index (χ3v) is 5.05. The van der Waals surface area contributed by atoms with Gasteiger partial charge in [0.15, 0.2) is 0 Å². The van der Waals surface area contributed by atoms with E-state index >= 15 is 0 Å². The van der Waals surface area contributed by atoms with Crippen LogP contribution >= 0.6 is 0 Å². The third kappa shape index (κ3) is 6.15. The molecule has 20 heavy (non-hydrogen) atoms. The van der Waals surface area contributed by atoms with Crippen molar-refractivity contribution in [3.05, 3.63) is 0 Å². The average molecular weight is 280 g/mol. The number of nitrogens with one attached hydrogen (secondary N) is 2. The topological polar surface area (TPSA) is 41.1 Å². The third-order valence-electron chi connectivity index (χ3n) is 5.05. The predicted molar refractivity (Wildman–Crippen MR) is 83.8 cm³/mol. The van der Waals surface area contributed by atoms with E-state index in [4.69, 9.17) is 0 Å². The molecule has 2 aliphatic rings. The zero-order valence-electron chi connectivity index (χ0n) is 13.0. The smallest absolute Gasteiger partial charge is 0.314 e. The van der Waals surface area contributed by atoms with Gasteiger partial charge in [0, 0.05) is 13.1 Å². The molecular weight excluding hydrogens is 248 g/mol. The molecule has 0 aromatic carbocycles. The molecule has 3 heteroatoms. The monoisotopic (exact) mass is 280 g/mol. The summed E-state index contributed by atoms with van der Waals surface area (Å²) >= 11 is 0. The average Bonchev–Trinajstić information content (AvgIpc) is 2.87. The Morgan fingerprint density at radius 3 is 1.35 bits per heavy atom. The Hall–Kier alpha value is -0.730. The van der Waals surface area contributed by atoms with Crippen molar-refractivity contribution in [1.29, 1.82) is 0 Å². The summed E-state index contributed by atoms with van der Waals surface area (Å²) in [6.45, 7) is 1.74. The minimum Gasteiger partial charge on any atom is -0.338 e. The van der Waals surface area contributed by atoms with Gasteiger partial charge in [-0.15, -0.1) is 0 Å². The molecule has 0 bridgehead atoms. The van der Waals surface area contributed by atoms with Crippen LogP contribution in [0.4, 0.5) is 4.79 Å². The Morgan fingerprint density at radius 2 is 1.00 bits per heavy atom. The maximum atomic E-state index is 11.9. The summed E-state index contributed by atoms with van der Waals surface area (Å²) in [5.74, 6) is 1.42. The molecule has 0 heterocycles. The molecule has 0 aromatic heterocycles. The molecule has 2 rings (SSSR count). The Bertz CT molecular complexity index is 238. The molecule has 3 nitrogen and oxygen atoms in total. The molecule has 2 fully saturated rings. The first kappa shape index (κ1) is 15.7. The number of carbonyl (C=O) groups is 1. The Labute approximate surface area is 124 Å². The molecule has 0 unspecified atom stereocenters. The molecule has 0 saturated heterocycles. The zero-order chi connectivity index (χ0) is 14.0. The maximum Gasteiger partial charge on any atom is 0.314 e. The van der Waals surface area contributed by atoms with Gasteiger partial charge in [0.25, 0.3) is 0 Å². The van der Waals surface area contributed by atoms with E-state index in [2.05, 4.69) is 10.6 Å². The summed E-state index contributed by atoms with van der Waals surface area (Å²) < 4.78 is 0. The van der Waals surface area contributed by atoms with E-state index in [1.807, 2.05) is 0 Å². The fourth-order valence-corrected chi connectivity index (χ4v) is 3.67. The minimum atomic E-state index is 0.0542. The van der Waals surface area contributed by atoms with E-state index in [0.29, 0.717) is 11.8 Å². The quantitative estimate of drug-likeness (QED) is 0.744. The lowest BCUT2D eigenvalue weighted by atomic mass is 10.0. The Balaban J connectivity index is 1.57. The Kier molecular flexibility index (Phi) is 7.24. The second-order valence-electron chi connectivity index (χ2n) is 6.81. The predicted octanol–water partition coefficient (Wildman–Crippen LogP) is 4.23. The van der Waals surface area contributed by atoms with Gasteiger partial charge >= 0.3 is 6.03 Å². The van der Waals surface area contributed by atoms with E-state index in [0.717, 1.165) is 13.1 Å². The first-order valence-corrected chi connectivity index (χ1v) is 8.86. The highest BCUT2D eigenvalue weighted by Gasteiger charge is 2.15. The van der Waals surface area contributed by atoms with Crippen LogP contribution in [-0.2, 0) is 0 Å². The van der Waals surface area contributed by atoms with Gasteiger partial charge in [-0.2, -0.15) is 0 Å². The lowest BCUT2D eigenvalue weighted by Gasteiger charge is -2.17. The second-order valence-corrected chi connectivity index (χ2v) is 6.81. The van der Waals surface area contributed by atoms with Crippen molar-refractivity contribution >= 4 is 6.03 Å². The van der Waals surface area contributed by atoms with Gasteiger partial charge in [0.2, 0.25) is 0 Å². The highest BCUT2D eigenvalue weighted by molar-refractivity contribution is 5.73. The molecule has 2 aliphatic carbocycles. The van der Waals surface area contributed by atoms with Crippen LogP contribution in [0.25, 0.3) is 0 Å². The van der Waals surface area contributed by atoms with Crippen molar-refractivity contribution in [1.82, 2.24) is 10.6 Å². The normalized spacial score (nSPS) is 22.8. The molecule has 116 valence electrons. The Morgan fingerprint density at radius 1 is 0.650 bits per heavy atom. The van der Waals surface area contributed by atoms with Crippen molar-refractivity contribution < 1.29 is 4.79 Å². The van der Waals surface area contributed by atoms with E-state index in [1.54, 1.807) is 0 Å². The van der Waals surface area contributed by atoms with Gasteiger partial charge in [0.1, 0.15) is 0 Å². The van der Waals surface area contributed by atoms with Crippen molar-refractivity contribution in [2.24, 2.45) is 11.8 Å². The summed E-state index contributed by atoms with van der Waals surface area (Å²) in [7, 11) is 0.